The summed E-state index contributed by atoms with van der Waals surface area (Å²) in [5.41, 5.74) is -1.61. The first-order valence-electron chi connectivity index (χ1n) is 14.5. The number of anilines is 2. The van der Waals surface area contributed by atoms with Crippen LogP contribution in [0.15, 0.2) is 65.6 Å². The summed E-state index contributed by atoms with van der Waals surface area (Å²) in [4.78, 5) is 15.7. The zero-order chi connectivity index (χ0) is 35.3. The Kier molecular flexibility index (Phi) is 11.3. The Bertz CT molecular complexity index is 1870. The van der Waals surface area contributed by atoms with Crippen LogP contribution in [0.2, 0.25) is 0 Å². The SMILES string of the molecule is Cc1ccc(S(=O)(=O)O)c(CCOCCOCCOc2ccc(N3C(=S=O)N(c4ccc(C#N)c(C(F)(F)F)c4)C(=O)C3(C)C)cc2)c1. The van der Waals surface area contributed by atoms with Crippen molar-refractivity contribution in [3.63, 3.8) is 0 Å². The van der Waals surface area contributed by atoms with Crippen LogP contribution in [0.4, 0.5) is 24.5 Å². The molecule has 0 atom stereocenters. The van der Waals surface area contributed by atoms with Crippen LogP contribution in [0.5, 0.6) is 5.75 Å². The van der Waals surface area contributed by atoms with Crippen molar-refractivity contribution < 1.29 is 49.4 Å². The summed E-state index contributed by atoms with van der Waals surface area (Å²) in [5.74, 6) is -0.164. The fourth-order valence-corrected chi connectivity index (χ4v) is 6.51. The molecule has 0 aliphatic carbocycles. The zero-order valence-electron chi connectivity index (χ0n) is 26.1. The molecule has 1 aliphatic heterocycles. The molecule has 1 heterocycles. The molecule has 4 rings (SSSR count). The van der Waals surface area contributed by atoms with Crippen LogP contribution in [0.25, 0.3) is 0 Å². The van der Waals surface area contributed by atoms with Crippen LogP contribution >= 0.6 is 0 Å². The average molecular weight is 708 g/mol. The third-order valence-electron chi connectivity index (χ3n) is 7.40. The van der Waals surface area contributed by atoms with Crippen LogP contribution in [0.3, 0.4) is 0 Å². The summed E-state index contributed by atoms with van der Waals surface area (Å²) in [5, 5.41) is 8.98. The van der Waals surface area contributed by atoms with Gasteiger partial charge in [-0.25, -0.2) is 4.21 Å². The van der Waals surface area contributed by atoms with Crippen LogP contribution < -0.4 is 14.5 Å². The number of alkyl halides is 3. The van der Waals surface area contributed by atoms with E-state index in [9.17, 15) is 35.1 Å². The van der Waals surface area contributed by atoms with Crippen molar-refractivity contribution in [2.45, 2.75) is 43.8 Å². The summed E-state index contributed by atoms with van der Waals surface area (Å²) in [6.07, 6.45) is -4.56. The van der Waals surface area contributed by atoms with Gasteiger partial charge in [-0.2, -0.15) is 26.9 Å². The van der Waals surface area contributed by atoms with Gasteiger partial charge in [0.05, 0.1) is 54.2 Å². The Morgan fingerprint density at radius 3 is 2.17 bits per heavy atom. The molecule has 1 aliphatic rings. The molecule has 0 spiro atoms. The Hall–Kier alpha value is -4.27. The highest BCUT2D eigenvalue weighted by atomic mass is 32.2. The Morgan fingerprint density at radius 2 is 1.56 bits per heavy atom. The van der Waals surface area contributed by atoms with Gasteiger partial charge >= 0.3 is 6.18 Å². The van der Waals surface area contributed by atoms with Crippen LogP contribution in [0, 0.1) is 18.3 Å². The van der Waals surface area contributed by atoms with Crippen molar-refractivity contribution in [3.8, 4) is 11.8 Å². The molecule has 1 fully saturated rings. The zero-order valence-corrected chi connectivity index (χ0v) is 27.7. The van der Waals surface area contributed by atoms with Crippen molar-refractivity contribution in [3.05, 3.63) is 82.9 Å². The molecule has 1 saturated heterocycles. The van der Waals surface area contributed by atoms with E-state index in [4.69, 9.17) is 19.5 Å². The molecule has 0 saturated carbocycles. The minimum absolute atomic E-state index is 0.0419. The molecule has 16 heteroatoms. The number of hydrogen-bond donors (Lipinski definition) is 1. The van der Waals surface area contributed by atoms with Gasteiger partial charge in [0.2, 0.25) is 5.11 Å². The fraction of sp³-hybridized carbons (Fsp3) is 0.344. The van der Waals surface area contributed by atoms with Crippen molar-refractivity contribution in [1.82, 2.24) is 0 Å². The molecule has 1 N–H and O–H groups in total. The molecule has 0 unspecified atom stereocenters. The number of carbonyl (C=O) groups excluding carboxylic acids is 1. The lowest BCUT2D eigenvalue weighted by Gasteiger charge is -2.29. The summed E-state index contributed by atoms with van der Waals surface area (Å²) in [7, 11) is -4.34. The molecule has 0 radical (unpaired) electrons. The minimum atomic E-state index is -4.85. The molecule has 11 nitrogen and oxygen atoms in total. The quantitative estimate of drug-likeness (QED) is 0.151. The first-order valence-corrected chi connectivity index (χ1v) is 16.7. The molecule has 256 valence electrons. The molecule has 0 aromatic heterocycles. The molecule has 48 heavy (non-hydrogen) atoms. The molecule has 0 bridgehead atoms. The van der Waals surface area contributed by atoms with Crippen molar-refractivity contribution >= 4 is 43.8 Å². The number of ether oxygens (including phenoxy) is 3. The lowest BCUT2D eigenvalue weighted by Crippen LogP contribution is -2.44. The lowest BCUT2D eigenvalue weighted by atomic mass is 10.0. The number of nitriles is 1. The number of aryl methyl sites for hydroxylation is 1. The summed E-state index contributed by atoms with van der Waals surface area (Å²) < 4.78 is 102. The van der Waals surface area contributed by atoms with E-state index in [1.165, 1.54) is 23.1 Å². The predicted octanol–water partition coefficient (Wildman–Crippen LogP) is 4.72. The second-order valence-electron chi connectivity index (χ2n) is 11.1. The van der Waals surface area contributed by atoms with E-state index in [2.05, 4.69) is 0 Å². The maximum absolute atomic E-state index is 13.6. The number of hydrogen-bond acceptors (Lipinski definition) is 8. The van der Waals surface area contributed by atoms with Crippen molar-refractivity contribution in [1.29, 1.82) is 5.26 Å². The minimum Gasteiger partial charge on any atom is -0.491 e. The Labute approximate surface area is 279 Å². The molecule has 3 aromatic rings. The predicted molar refractivity (Wildman–Crippen MR) is 172 cm³/mol. The first kappa shape index (κ1) is 36.6. The van der Waals surface area contributed by atoms with Crippen molar-refractivity contribution in [2.75, 3.05) is 42.8 Å². The fourth-order valence-electron chi connectivity index (χ4n) is 5.10. The average Bonchev–Trinajstić information content (AvgIpc) is 3.23. The summed E-state index contributed by atoms with van der Waals surface area (Å²) in [6.45, 7) is 6.06. The van der Waals surface area contributed by atoms with Crippen molar-refractivity contribution in [2.24, 2.45) is 0 Å². The van der Waals surface area contributed by atoms with E-state index >= 15 is 0 Å². The highest BCUT2D eigenvalue weighted by molar-refractivity contribution is 7.85. The molecule has 1 amide bonds. The van der Waals surface area contributed by atoms with Crippen LogP contribution in [-0.4, -0.2) is 66.8 Å². The largest absolute Gasteiger partial charge is 0.491 e. The van der Waals surface area contributed by atoms with Gasteiger partial charge in [0.1, 0.15) is 29.2 Å². The maximum Gasteiger partial charge on any atom is 0.417 e. The smallest absolute Gasteiger partial charge is 0.417 e. The van der Waals surface area contributed by atoms with Crippen LogP contribution in [0.1, 0.15) is 36.1 Å². The highest BCUT2D eigenvalue weighted by Crippen LogP contribution is 2.39. The number of halogens is 3. The number of benzene rings is 3. The molecular formula is C32H32F3N3O8S2. The normalized spacial score (nSPS) is 14.7. The monoisotopic (exact) mass is 707 g/mol. The number of rotatable bonds is 13. The number of nitrogens with zero attached hydrogens (tertiary/aromatic N) is 3. The maximum atomic E-state index is 13.6. The van der Waals surface area contributed by atoms with Gasteiger partial charge in [-0.1, -0.05) is 17.7 Å². The van der Waals surface area contributed by atoms with Gasteiger partial charge in [0.25, 0.3) is 16.0 Å². The van der Waals surface area contributed by atoms with Gasteiger partial charge in [-0.3, -0.25) is 14.2 Å². The highest BCUT2D eigenvalue weighted by Gasteiger charge is 2.51. The topological polar surface area (TPSA) is 146 Å². The van der Waals surface area contributed by atoms with E-state index in [0.29, 0.717) is 23.1 Å². The van der Waals surface area contributed by atoms with Gasteiger partial charge in [0, 0.05) is 5.69 Å². The summed E-state index contributed by atoms with van der Waals surface area (Å²) >= 11 is -0.0419. The van der Waals surface area contributed by atoms with Gasteiger partial charge in [-0.15, -0.1) is 0 Å². The molecular weight excluding hydrogens is 675 g/mol. The lowest BCUT2D eigenvalue weighted by molar-refractivity contribution is -0.137. The first-order chi connectivity index (χ1) is 22.6. The van der Waals surface area contributed by atoms with E-state index in [0.717, 1.165) is 16.5 Å². The van der Waals surface area contributed by atoms with Gasteiger partial charge in [0.15, 0.2) is 0 Å². The van der Waals surface area contributed by atoms with Gasteiger partial charge in [-0.05, 0) is 81.3 Å². The third kappa shape index (κ3) is 8.23. The Balaban J connectivity index is 1.30. The standard InChI is InChI=1S/C32H32F3N3O8S2/c1-21-4-11-28(48(41,42)43)22(18-21)12-13-44-14-15-45-16-17-46-26-9-7-24(8-10-26)38-30(47-40)37(29(39)31(38,2)3)25-6-5-23(20-36)27(19-25)32(33,34)35/h4-11,18-19H,12-17H2,1-3H3,(H,41,42,43). The van der Waals surface area contributed by atoms with E-state index in [-0.39, 0.29) is 66.4 Å². The number of carbonyl (C=O) groups is 1. The van der Waals surface area contributed by atoms with Gasteiger partial charge < -0.3 is 19.1 Å². The second kappa shape index (κ2) is 14.9. The van der Waals surface area contributed by atoms with E-state index < -0.39 is 38.9 Å². The molecule has 3 aromatic carbocycles. The third-order valence-corrected chi connectivity index (χ3v) is 8.87. The van der Waals surface area contributed by atoms with E-state index in [1.54, 1.807) is 50.2 Å². The summed E-state index contributed by atoms with van der Waals surface area (Å²) in [6, 6.07) is 15.4. The van der Waals surface area contributed by atoms with E-state index in [1.807, 2.05) is 6.92 Å². The van der Waals surface area contributed by atoms with Crippen LogP contribution in [-0.2, 0) is 48.2 Å². The Morgan fingerprint density at radius 1 is 0.938 bits per heavy atom. The second-order valence-corrected chi connectivity index (χ2v) is 13.1. The number of amides is 1.